The second-order valence-electron chi connectivity index (χ2n) is 15.4. The highest BCUT2D eigenvalue weighted by molar-refractivity contribution is 6.74. The molecule has 36 heavy (non-hydrogen) atoms. The van der Waals surface area contributed by atoms with Gasteiger partial charge in [-0.3, -0.25) is 0 Å². The molecule has 202 valence electrons. The average Bonchev–Trinajstić information content (AvgIpc) is 3.14. The SMILES string of the molecule is CC(C)(C)[Si](C)(C)OC1CC[C@H]2[C@@H]3CCC4CC(CC(O)c5ccccc5)CC[C@]4(C)[C@@H]3CC[C@]12C. The van der Waals surface area contributed by atoms with Crippen LogP contribution in [0, 0.1) is 40.4 Å². The maximum absolute atomic E-state index is 10.9. The summed E-state index contributed by atoms with van der Waals surface area (Å²) in [6, 6.07) is 10.3. The molecule has 2 nitrogen and oxygen atoms in total. The first-order chi connectivity index (χ1) is 16.8. The van der Waals surface area contributed by atoms with E-state index in [2.05, 4.69) is 72.0 Å². The molecule has 0 bridgehead atoms. The average molecular weight is 511 g/mol. The summed E-state index contributed by atoms with van der Waals surface area (Å²) < 4.78 is 7.15. The minimum atomic E-state index is -1.75. The van der Waals surface area contributed by atoms with E-state index in [9.17, 15) is 5.11 Å². The smallest absolute Gasteiger partial charge is 0.192 e. The molecule has 0 saturated heterocycles. The van der Waals surface area contributed by atoms with Crippen LogP contribution >= 0.6 is 0 Å². The van der Waals surface area contributed by atoms with Crippen molar-refractivity contribution in [2.24, 2.45) is 40.4 Å². The standard InChI is InChI=1S/C33H54O2Si/c1-31(2,3)36(6,7)35-30-16-15-27-26-14-13-25-21-23(22-29(34)24-11-9-8-10-12-24)17-19-32(25,4)28(26)18-20-33(27,30)5/h8-12,23,25-30,34H,13-22H2,1-7H3/t23?,25?,26-,27-,28+,29?,30?,32-,33-/m0/s1. The quantitative estimate of drug-likeness (QED) is 0.400. The van der Waals surface area contributed by atoms with Crippen molar-refractivity contribution >= 4 is 8.32 Å². The largest absolute Gasteiger partial charge is 0.413 e. The second-order valence-corrected chi connectivity index (χ2v) is 20.2. The normalized spacial score (nSPS) is 41.8. The van der Waals surface area contributed by atoms with Crippen molar-refractivity contribution in [3.05, 3.63) is 35.9 Å². The van der Waals surface area contributed by atoms with E-state index in [1.54, 1.807) is 0 Å². The van der Waals surface area contributed by atoms with Gasteiger partial charge in [0.25, 0.3) is 0 Å². The van der Waals surface area contributed by atoms with Gasteiger partial charge in [-0.15, -0.1) is 0 Å². The summed E-state index contributed by atoms with van der Waals surface area (Å²) in [5, 5.41) is 11.2. The number of aliphatic hydroxyl groups excluding tert-OH is 1. The summed E-state index contributed by atoms with van der Waals surface area (Å²) in [7, 11) is -1.75. The van der Waals surface area contributed by atoms with Gasteiger partial charge in [-0.25, -0.2) is 0 Å². The molecule has 4 fully saturated rings. The zero-order valence-electron chi connectivity index (χ0n) is 24.4. The minimum Gasteiger partial charge on any atom is -0.413 e. The summed E-state index contributed by atoms with van der Waals surface area (Å²) >= 11 is 0. The number of fused-ring (bicyclic) bond motifs is 5. The second kappa shape index (κ2) is 9.52. The molecule has 0 aliphatic heterocycles. The molecule has 1 aromatic rings. The topological polar surface area (TPSA) is 29.5 Å². The van der Waals surface area contributed by atoms with E-state index in [0.29, 0.717) is 22.9 Å². The van der Waals surface area contributed by atoms with Crippen LogP contribution in [0.5, 0.6) is 0 Å². The predicted octanol–water partition coefficient (Wildman–Crippen LogP) is 9.16. The highest BCUT2D eigenvalue weighted by Gasteiger charge is 2.61. The van der Waals surface area contributed by atoms with E-state index in [-0.39, 0.29) is 11.1 Å². The molecule has 3 heteroatoms. The molecule has 5 rings (SSSR count). The molecule has 0 aromatic heterocycles. The Morgan fingerprint density at radius 1 is 0.917 bits per heavy atom. The third-order valence-corrected chi connectivity index (χ3v) is 17.2. The fraction of sp³-hybridized carbons (Fsp3) is 0.818. The van der Waals surface area contributed by atoms with Crippen LogP contribution in [0.25, 0.3) is 0 Å². The van der Waals surface area contributed by atoms with Gasteiger partial charge >= 0.3 is 0 Å². The van der Waals surface area contributed by atoms with Crippen LogP contribution < -0.4 is 0 Å². The zero-order valence-corrected chi connectivity index (χ0v) is 25.4. The zero-order chi connectivity index (χ0) is 25.9. The van der Waals surface area contributed by atoms with Gasteiger partial charge in [-0.05, 0) is 128 Å². The van der Waals surface area contributed by atoms with Gasteiger partial charge in [0, 0.05) is 0 Å². The van der Waals surface area contributed by atoms with Crippen LogP contribution in [0.1, 0.15) is 110 Å². The number of rotatable bonds is 5. The molecular formula is C33H54O2Si. The lowest BCUT2D eigenvalue weighted by Crippen LogP contribution is -2.55. The molecule has 1 N–H and O–H groups in total. The fourth-order valence-electron chi connectivity index (χ4n) is 9.37. The summed E-state index contributed by atoms with van der Waals surface area (Å²) in [4.78, 5) is 0. The first-order valence-corrected chi connectivity index (χ1v) is 18.2. The van der Waals surface area contributed by atoms with Gasteiger partial charge in [0.2, 0.25) is 0 Å². The highest BCUT2D eigenvalue weighted by Crippen LogP contribution is 2.67. The fourth-order valence-corrected chi connectivity index (χ4v) is 10.8. The van der Waals surface area contributed by atoms with Crippen LogP contribution in [-0.4, -0.2) is 19.5 Å². The van der Waals surface area contributed by atoms with Crippen LogP contribution in [0.15, 0.2) is 30.3 Å². The van der Waals surface area contributed by atoms with E-state index in [4.69, 9.17) is 4.43 Å². The summed E-state index contributed by atoms with van der Waals surface area (Å²) in [6.07, 6.45) is 13.4. The van der Waals surface area contributed by atoms with Gasteiger partial charge in [0.05, 0.1) is 12.2 Å². The van der Waals surface area contributed by atoms with Gasteiger partial charge in [-0.2, -0.15) is 0 Å². The Morgan fingerprint density at radius 2 is 1.58 bits per heavy atom. The van der Waals surface area contributed by atoms with E-state index >= 15 is 0 Å². The van der Waals surface area contributed by atoms with Crippen LogP contribution in [0.4, 0.5) is 0 Å². The first-order valence-electron chi connectivity index (χ1n) is 15.3. The minimum absolute atomic E-state index is 0.289. The Hall–Kier alpha value is -0.643. The number of aliphatic hydroxyl groups is 1. The van der Waals surface area contributed by atoms with Gasteiger partial charge in [-0.1, -0.05) is 65.0 Å². The van der Waals surface area contributed by atoms with Gasteiger partial charge in [0.1, 0.15) is 0 Å². The molecule has 0 radical (unpaired) electrons. The molecule has 4 aliphatic carbocycles. The third kappa shape index (κ3) is 4.58. The van der Waals surface area contributed by atoms with Crippen LogP contribution in [0.2, 0.25) is 18.1 Å². The molecule has 4 aliphatic rings. The molecule has 0 spiro atoms. The predicted molar refractivity (Wildman–Crippen MR) is 153 cm³/mol. The summed E-state index contributed by atoms with van der Waals surface area (Å²) in [6.45, 7) is 17.4. The Balaban J connectivity index is 1.26. The van der Waals surface area contributed by atoms with Crippen molar-refractivity contribution in [1.82, 2.24) is 0 Å². The van der Waals surface area contributed by atoms with Crippen molar-refractivity contribution in [2.75, 3.05) is 0 Å². The van der Waals surface area contributed by atoms with Crippen LogP contribution in [-0.2, 0) is 4.43 Å². The summed E-state index contributed by atoms with van der Waals surface area (Å²) in [5.41, 5.74) is 1.99. The lowest BCUT2D eigenvalue weighted by Gasteiger charge is -2.61. The molecule has 1 aromatic carbocycles. The first kappa shape index (κ1) is 26.9. The van der Waals surface area contributed by atoms with E-state index in [0.717, 1.165) is 35.7 Å². The Kier molecular flexibility index (Phi) is 7.13. The van der Waals surface area contributed by atoms with Crippen molar-refractivity contribution in [3.63, 3.8) is 0 Å². The molecular weight excluding hydrogens is 456 g/mol. The molecule has 4 unspecified atom stereocenters. The lowest BCUT2D eigenvalue weighted by atomic mass is 9.44. The van der Waals surface area contributed by atoms with Gasteiger partial charge < -0.3 is 9.53 Å². The van der Waals surface area contributed by atoms with Crippen molar-refractivity contribution < 1.29 is 9.53 Å². The lowest BCUT2D eigenvalue weighted by molar-refractivity contribution is -0.126. The van der Waals surface area contributed by atoms with Crippen molar-refractivity contribution in [1.29, 1.82) is 0 Å². The number of benzene rings is 1. The van der Waals surface area contributed by atoms with Crippen molar-refractivity contribution in [2.45, 2.75) is 129 Å². The Labute approximate surface area is 223 Å². The molecule has 0 heterocycles. The Morgan fingerprint density at radius 3 is 2.28 bits per heavy atom. The maximum Gasteiger partial charge on any atom is 0.192 e. The molecule has 4 saturated carbocycles. The van der Waals surface area contributed by atoms with Crippen LogP contribution in [0.3, 0.4) is 0 Å². The molecule has 0 amide bonds. The maximum atomic E-state index is 10.9. The van der Waals surface area contributed by atoms with E-state index < -0.39 is 8.32 Å². The van der Waals surface area contributed by atoms with E-state index in [1.165, 1.54) is 57.8 Å². The monoisotopic (exact) mass is 510 g/mol. The third-order valence-electron chi connectivity index (χ3n) is 12.7. The highest BCUT2D eigenvalue weighted by atomic mass is 28.4. The van der Waals surface area contributed by atoms with Crippen molar-refractivity contribution in [3.8, 4) is 0 Å². The molecule has 9 atom stereocenters. The number of hydrogen-bond acceptors (Lipinski definition) is 2. The van der Waals surface area contributed by atoms with Gasteiger partial charge in [0.15, 0.2) is 8.32 Å². The van der Waals surface area contributed by atoms with E-state index in [1.807, 2.05) is 6.07 Å². The number of hydrogen-bond donors (Lipinski definition) is 1. The summed E-state index contributed by atoms with van der Waals surface area (Å²) in [5.74, 6) is 4.20. The Bertz CT molecular complexity index is 906.